The topological polar surface area (TPSA) is 77.2 Å². The molecule has 94 valence electrons. The first-order valence-corrected chi connectivity index (χ1v) is 5.68. The summed E-state index contributed by atoms with van der Waals surface area (Å²) >= 11 is 0. The molecule has 0 bridgehead atoms. The predicted molar refractivity (Wildman–Crippen MR) is 70.6 cm³/mol. The second kappa shape index (κ2) is 5.46. The highest BCUT2D eigenvalue weighted by atomic mass is 16.5. The summed E-state index contributed by atoms with van der Waals surface area (Å²) in [6, 6.07) is 9.29. The fraction of sp³-hybridized carbons (Fsp3) is 0.231. The summed E-state index contributed by atoms with van der Waals surface area (Å²) in [5.74, 6) is -0.448. The minimum Gasteiger partial charge on any atom is -0.464 e. The average molecular weight is 245 g/mol. The summed E-state index contributed by atoms with van der Waals surface area (Å²) < 4.78 is 4.69. The lowest BCUT2D eigenvalue weighted by Gasteiger charge is -2.10. The van der Waals surface area contributed by atoms with Crippen LogP contribution in [0.1, 0.15) is 10.5 Å². The molecule has 1 heterocycles. The monoisotopic (exact) mass is 245 g/mol. The molecule has 0 aliphatic carbocycles. The van der Waals surface area contributed by atoms with Gasteiger partial charge < -0.3 is 15.8 Å². The van der Waals surface area contributed by atoms with Crippen molar-refractivity contribution >= 4 is 22.6 Å². The minimum atomic E-state index is -0.448. The van der Waals surface area contributed by atoms with Crippen molar-refractivity contribution in [3.63, 3.8) is 0 Å². The van der Waals surface area contributed by atoms with Crippen LogP contribution in [0.25, 0.3) is 10.9 Å². The Labute approximate surface area is 105 Å². The highest BCUT2D eigenvalue weighted by Crippen LogP contribution is 2.23. The number of fused-ring (bicyclic) bond motifs is 1. The molecule has 2 rings (SSSR count). The first-order valence-electron chi connectivity index (χ1n) is 5.68. The Hall–Kier alpha value is -2.14. The van der Waals surface area contributed by atoms with Gasteiger partial charge in [-0.1, -0.05) is 18.2 Å². The van der Waals surface area contributed by atoms with Gasteiger partial charge in [0, 0.05) is 24.2 Å². The van der Waals surface area contributed by atoms with E-state index in [1.807, 2.05) is 24.3 Å². The Morgan fingerprint density at radius 1 is 1.44 bits per heavy atom. The van der Waals surface area contributed by atoms with E-state index in [0.29, 0.717) is 13.1 Å². The highest BCUT2D eigenvalue weighted by molar-refractivity contribution is 5.97. The Balaban J connectivity index is 2.53. The fourth-order valence-corrected chi connectivity index (χ4v) is 1.74. The Bertz CT molecular complexity index is 569. The lowest BCUT2D eigenvalue weighted by Crippen LogP contribution is -2.14. The van der Waals surface area contributed by atoms with Crippen molar-refractivity contribution in [3.05, 3.63) is 36.0 Å². The number of hydrogen-bond acceptors (Lipinski definition) is 5. The normalized spacial score (nSPS) is 10.3. The lowest BCUT2D eigenvalue weighted by atomic mass is 10.1. The number of carbonyl (C=O) groups excluding carboxylic acids is 1. The van der Waals surface area contributed by atoms with Gasteiger partial charge in [0.1, 0.15) is 0 Å². The molecule has 0 aliphatic rings. The Morgan fingerprint density at radius 3 is 2.94 bits per heavy atom. The van der Waals surface area contributed by atoms with Gasteiger partial charge in [-0.05, 0) is 12.1 Å². The van der Waals surface area contributed by atoms with E-state index in [-0.39, 0.29) is 5.69 Å². The van der Waals surface area contributed by atoms with Crippen LogP contribution in [0.5, 0.6) is 0 Å². The van der Waals surface area contributed by atoms with E-state index in [0.717, 1.165) is 16.6 Å². The van der Waals surface area contributed by atoms with Crippen LogP contribution in [-0.4, -0.2) is 31.2 Å². The van der Waals surface area contributed by atoms with E-state index in [2.05, 4.69) is 10.3 Å². The number of nitrogens with one attached hydrogen (secondary N) is 1. The number of esters is 1. The molecule has 1 aromatic heterocycles. The summed E-state index contributed by atoms with van der Waals surface area (Å²) in [4.78, 5) is 15.8. The maximum Gasteiger partial charge on any atom is 0.356 e. The number of nitrogens with two attached hydrogens (primary N) is 1. The first kappa shape index (κ1) is 12.3. The van der Waals surface area contributed by atoms with E-state index >= 15 is 0 Å². The summed E-state index contributed by atoms with van der Waals surface area (Å²) in [7, 11) is 1.34. The number of hydrogen-bond donors (Lipinski definition) is 2. The van der Waals surface area contributed by atoms with Crippen LogP contribution < -0.4 is 11.1 Å². The molecule has 0 atom stereocenters. The molecule has 0 fully saturated rings. The molecule has 0 radical (unpaired) electrons. The zero-order valence-electron chi connectivity index (χ0n) is 10.1. The van der Waals surface area contributed by atoms with E-state index in [4.69, 9.17) is 10.5 Å². The van der Waals surface area contributed by atoms with Crippen LogP contribution in [0, 0.1) is 0 Å². The van der Waals surface area contributed by atoms with Crippen LogP contribution in [0.2, 0.25) is 0 Å². The number of carbonyl (C=O) groups is 1. The molecule has 0 saturated heterocycles. The summed E-state index contributed by atoms with van der Waals surface area (Å²) in [5, 5.41) is 4.14. The van der Waals surface area contributed by atoms with Gasteiger partial charge in [-0.15, -0.1) is 0 Å². The van der Waals surface area contributed by atoms with Gasteiger partial charge in [-0.3, -0.25) is 0 Å². The van der Waals surface area contributed by atoms with Gasteiger partial charge in [-0.2, -0.15) is 0 Å². The molecule has 18 heavy (non-hydrogen) atoms. The molecule has 0 saturated carbocycles. The minimum absolute atomic E-state index is 0.288. The van der Waals surface area contributed by atoms with Gasteiger partial charge in [0.2, 0.25) is 0 Å². The maximum atomic E-state index is 11.5. The fourth-order valence-electron chi connectivity index (χ4n) is 1.74. The highest BCUT2D eigenvalue weighted by Gasteiger charge is 2.11. The second-order valence-electron chi connectivity index (χ2n) is 3.78. The number of anilines is 1. The Morgan fingerprint density at radius 2 is 2.22 bits per heavy atom. The molecule has 5 heteroatoms. The maximum absolute atomic E-state index is 11.5. The average Bonchev–Trinajstić information content (AvgIpc) is 2.43. The molecule has 2 aromatic rings. The van der Waals surface area contributed by atoms with Crippen LogP contribution in [0.4, 0.5) is 5.69 Å². The van der Waals surface area contributed by atoms with Crippen LogP contribution in [0.15, 0.2) is 30.3 Å². The molecule has 3 N–H and O–H groups in total. The van der Waals surface area contributed by atoms with E-state index in [9.17, 15) is 4.79 Å². The molecule has 0 spiro atoms. The van der Waals surface area contributed by atoms with Gasteiger partial charge in [0.05, 0.1) is 12.6 Å². The molecule has 1 aromatic carbocycles. The zero-order chi connectivity index (χ0) is 13.0. The van der Waals surface area contributed by atoms with Crippen LogP contribution in [-0.2, 0) is 4.74 Å². The number of methoxy groups -OCH3 is 1. The van der Waals surface area contributed by atoms with E-state index in [1.54, 1.807) is 6.07 Å². The number of nitrogens with zero attached hydrogens (tertiary/aromatic N) is 1. The van der Waals surface area contributed by atoms with E-state index < -0.39 is 5.97 Å². The second-order valence-corrected chi connectivity index (χ2v) is 3.78. The quantitative estimate of drug-likeness (QED) is 0.796. The molecular weight excluding hydrogens is 230 g/mol. The number of para-hydroxylation sites is 1. The number of aromatic nitrogens is 1. The molecule has 0 aliphatic heterocycles. The van der Waals surface area contributed by atoms with Crippen molar-refractivity contribution < 1.29 is 9.53 Å². The summed E-state index contributed by atoms with van der Waals surface area (Å²) in [5.41, 5.74) is 7.35. The molecule has 0 unspecified atom stereocenters. The number of pyridine rings is 1. The number of rotatable bonds is 4. The van der Waals surface area contributed by atoms with E-state index in [1.165, 1.54) is 7.11 Å². The van der Waals surface area contributed by atoms with Crippen LogP contribution >= 0.6 is 0 Å². The Kier molecular flexibility index (Phi) is 3.74. The lowest BCUT2D eigenvalue weighted by molar-refractivity contribution is 0.0594. The van der Waals surface area contributed by atoms with Crippen molar-refractivity contribution in [3.8, 4) is 0 Å². The smallest absolute Gasteiger partial charge is 0.356 e. The zero-order valence-corrected chi connectivity index (χ0v) is 10.1. The SMILES string of the molecule is COC(=O)c1cc(NCCN)c2ccccc2n1. The van der Waals surface area contributed by atoms with Crippen molar-refractivity contribution in [1.29, 1.82) is 0 Å². The molecule has 0 amide bonds. The molecular formula is C13H15N3O2. The number of ether oxygens (including phenoxy) is 1. The van der Waals surface area contributed by atoms with Gasteiger partial charge in [-0.25, -0.2) is 9.78 Å². The molecule has 5 nitrogen and oxygen atoms in total. The van der Waals surface area contributed by atoms with Crippen molar-refractivity contribution in [2.75, 3.05) is 25.5 Å². The van der Waals surface area contributed by atoms with Gasteiger partial charge >= 0.3 is 5.97 Å². The number of benzene rings is 1. The first-order chi connectivity index (χ1) is 8.76. The standard InChI is InChI=1S/C13H15N3O2/c1-18-13(17)12-8-11(15-7-6-14)9-4-2-3-5-10(9)16-12/h2-5,8H,6-7,14H2,1H3,(H,15,16). The third-order valence-electron chi connectivity index (χ3n) is 2.57. The summed E-state index contributed by atoms with van der Waals surface area (Å²) in [6.07, 6.45) is 0. The van der Waals surface area contributed by atoms with Crippen molar-refractivity contribution in [2.24, 2.45) is 5.73 Å². The van der Waals surface area contributed by atoms with Crippen molar-refractivity contribution in [2.45, 2.75) is 0 Å². The predicted octanol–water partition coefficient (Wildman–Crippen LogP) is 1.39. The third-order valence-corrected chi connectivity index (χ3v) is 2.57. The van der Waals surface area contributed by atoms with Gasteiger partial charge in [0.15, 0.2) is 5.69 Å². The summed E-state index contributed by atoms with van der Waals surface area (Å²) in [6.45, 7) is 1.15. The third kappa shape index (κ3) is 2.41. The van der Waals surface area contributed by atoms with Gasteiger partial charge in [0.25, 0.3) is 0 Å². The largest absolute Gasteiger partial charge is 0.464 e. The van der Waals surface area contributed by atoms with Crippen LogP contribution in [0.3, 0.4) is 0 Å². The van der Waals surface area contributed by atoms with Crippen molar-refractivity contribution in [1.82, 2.24) is 4.98 Å².